The van der Waals surface area contributed by atoms with E-state index in [0.717, 1.165) is 35.1 Å². The van der Waals surface area contributed by atoms with Gasteiger partial charge in [-0.25, -0.2) is 0 Å². The first-order valence-electron chi connectivity index (χ1n) is 11.9. The highest BCUT2D eigenvalue weighted by Crippen LogP contribution is 2.43. The average molecular weight is 474 g/mol. The molecule has 1 saturated carbocycles. The Hall–Kier alpha value is -2.98. The van der Waals surface area contributed by atoms with Crippen molar-refractivity contribution in [3.63, 3.8) is 0 Å². The van der Waals surface area contributed by atoms with Crippen LogP contribution in [0.25, 0.3) is 10.9 Å². The molecule has 0 amide bonds. The second-order valence-electron chi connectivity index (χ2n) is 10.4. The lowest BCUT2D eigenvalue weighted by atomic mass is 9.71. The van der Waals surface area contributed by atoms with E-state index in [-0.39, 0.29) is 17.0 Å². The molecule has 1 aromatic heterocycles. The fourth-order valence-corrected chi connectivity index (χ4v) is 5.56. The Morgan fingerprint density at radius 2 is 1.82 bits per heavy atom. The van der Waals surface area contributed by atoms with Gasteiger partial charge in [0.05, 0.1) is 11.0 Å². The van der Waals surface area contributed by atoms with Crippen LogP contribution in [0.3, 0.4) is 0 Å². The minimum absolute atomic E-state index is 0.111. The summed E-state index contributed by atoms with van der Waals surface area (Å²) in [7, 11) is 1.92. The summed E-state index contributed by atoms with van der Waals surface area (Å²) < 4.78 is 4.25. The maximum Gasteiger partial charge on any atom is 0.209 e. The van der Waals surface area contributed by atoms with Crippen molar-refractivity contribution in [2.75, 3.05) is 6.54 Å². The van der Waals surface area contributed by atoms with Gasteiger partial charge in [-0.1, -0.05) is 43.6 Å². The van der Waals surface area contributed by atoms with Gasteiger partial charge in [0.2, 0.25) is 5.69 Å². The molecule has 0 bridgehead atoms. The first kappa shape index (κ1) is 22.8. The van der Waals surface area contributed by atoms with Crippen LogP contribution in [-0.2, 0) is 22.1 Å². The number of Topliss-reactive ketones (excluding diaryl/α,β-unsaturated/α-hetero) is 2. The normalized spacial score (nSPS) is 19.3. The third-order valence-electron chi connectivity index (χ3n) is 7.36. The summed E-state index contributed by atoms with van der Waals surface area (Å²) in [5.74, 6) is -0.426. The number of hydrogen-bond acceptors (Lipinski definition) is 2. The van der Waals surface area contributed by atoms with E-state index in [0.29, 0.717) is 16.5 Å². The molecule has 0 saturated heterocycles. The van der Waals surface area contributed by atoms with Crippen molar-refractivity contribution < 1.29 is 14.2 Å². The van der Waals surface area contributed by atoms with Gasteiger partial charge in [0.1, 0.15) is 12.5 Å². The summed E-state index contributed by atoms with van der Waals surface area (Å²) in [6, 6.07) is 14.0. The van der Waals surface area contributed by atoms with Gasteiger partial charge in [-0.15, -0.1) is 0 Å². The Kier molecular flexibility index (Phi) is 5.40. The van der Waals surface area contributed by atoms with Crippen molar-refractivity contribution >= 4 is 45.5 Å². The molecule has 2 heterocycles. The van der Waals surface area contributed by atoms with Gasteiger partial charge in [0.25, 0.3) is 0 Å². The molecule has 2 aromatic carbocycles. The van der Waals surface area contributed by atoms with Crippen molar-refractivity contribution in [3.8, 4) is 0 Å². The SMILES string of the molecule is CC(C)CC[N+]1=C(C=C2C(=O)C(c3cn(C)c4ccc(Cl)cc34)C2=O)C(C)(C)c2ccccc21. The Bertz CT molecular complexity index is 1400. The fourth-order valence-electron chi connectivity index (χ4n) is 5.39. The molecule has 0 N–H and O–H groups in total. The van der Waals surface area contributed by atoms with Crippen LogP contribution in [0, 0.1) is 5.92 Å². The predicted octanol–water partition coefficient (Wildman–Crippen LogP) is 6.12. The quantitative estimate of drug-likeness (QED) is 0.194. The number of aryl methyl sites for hydroxylation is 1. The topological polar surface area (TPSA) is 42.1 Å². The predicted molar refractivity (Wildman–Crippen MR) is 137 cm³/mol. The van der Waals surface area contributed by atoms with Gasteiger partial charge in [0, 0.05) is 53.3 Å². The van der Waals surface area contributed by atoms with Crippen LogP contribution in [0.1, 0.15) is 51.2 Å². The number of fused-ring (bicyclic) bond motifs is 2. The molecule has 0 unspecified atom stereocenters. The lowest BCUT2D eigenvalue weighted by molar-refractivity contribution is -0.439. The largest absolute Gasteiger partial charge is 0.350 e. The van der Waals surface area contributed by atoms with Crippen LogP contribution in [0.4, 0.5) is 5.69 Å². The first-order chi connectivity index (χ1) is 16.1. The molecule has 1 aliphatic heterocycles. The van der Waals surface area contributed by atoms with Crippen molar-refractivity contribution in [2.24, 2.45) is 13.0 Å². The van der Waals surface area contributed by atoms with Crippen LogP contribution in [0.2, 0.25) is 5.02 Å². The van der Waals surface area contributed by atoms with Crippen LogP contribution in [0.15, 0.2) is 60.3 Å². The summed E-state index contributed by atoms with van der Waals surface area (Å²) in [5, 5.41) is 1.46. The molecule has 4 nitrogen and oxygen atoms in total. The summed E-state index contributed by atoms with van der Waals surface area (Å²) in [6.07, 6.45) is 4.77. The number of allylic oxidation sites excluding steroid dienone is 2. The highest BCUT2D eigenvalue weighted by atomic mass is 35.5. The van der Waals surface area contributed by atoms with Crippen molar-refractivity contribution in [3.05, 3.63) is 76.5 Å². The van der Waals surface area contributed by atoms with Crippen molar-refractivity contribution in [1.82, 2.24) is 4.57 Å². The summed E-state index contributed by atoms with van der Waals surface area (Å²) in [6.45, 7) is 9.62. The molecule has 0 spiro atoms. The van der Waals surface area contributed by atoms with Gasteiger partial charge in [-0.2, -0.15) is 4.58 Å². The number of carbonyl (C=O) groups is 2. The molecule has 174 valence electrons. The number of para-hydroxylation sites is 1. The number of hydrogen-bond donors (Lipinski definition) is 0. The van der Waals surface area contributed by atoms with E-state index < -0.39 is 5.92 Å². The standard InChI is InChI=1S/C29H30ClN2O2/c1-17(2)12-13-32-24-9-7-6-8-22(24)29(3,4)25(32)15-20-27(33)26(28(20)34)21-16-31(5)23-11-10-18(30)14-19(21)23/h6-11,14-17,26H,12-13H2,1-5H3/q+1. The summed E-state index contributed by atoms with van der Waals surface area (Å²) in [5.41, 5.74) is 5.12. The molecule has 1 fully saturated rings. The van der Waals surface area contributed by atoms with Crippen molar-refractivity contribution in [1.29, 1.82) is 0 Å². The average Bonchev–Trinajstić information content (AvgIpc) is 3.21. The number of halogens is 1. The zero-order valence-corrected chi connectivity index (χ0v) is 21.1. The van der Waals surface area contributed by atoms with E-state index in [1.165, 1.54) is 11.3 Å². The van der Waals surface area contributed by atoms with E-state index in [4.69, 9.17) is 11.6 Å². The van der Waals surface area contributed by atoms with Crippen molar-refractivity contribution in [2.45, 2.75) is 45.4 Å². The number of benzene rings is 2. The van der Waals surface area contributed by atoms with Crippen LogP contribution in [-0.4, -0.2) is 33.0 Å². The number of aromatic nitrogens is 1. The summed E-state index contributed by atoms with van der Waals surface area (Å²) >= 11 is 6.22. The molecule has 5 heteroatoms. The van der Waals surface area contributed by atoms with Gasteiger partial charge < -0.3 is 4.57 Å². The zero-order valence-electron chi connectivity index (χ0n) is 20.4. The van der Waals surface area contributed by atoms with Crippen LogP contribution >= 0.6 is 11.6 Å². The lowest BCUT2D eigenvalue weighted by Crippen LogP contribution is -2.40. The second kappa shape index (κ2) is 8.06. The molecule has 2 aliphatic rings. The van der Waals surface area contributed by atoms with E-state index in [1.807, 2.05) is 42.1 Å². The van der Waals surface area contributed by atoms with Crippen LogP contribution in [0.5, 0.6) is 0 Å². The highest BCUT2D eigenvalue weighted by Gasteiger charge is 2.50. The first-order valence-corrected chi connectivity index (χ1v) is 12.3. The Morgan fingerprint density at radius 1 is 1.12 bits per heavy atom. The van der Waals surface area contributed by atoms with Gasteiger partial charge in [0.15, 0.2) is 17.3 Å². The molecule has 5 rings (SSSR count). The fraction of sp³-hybridized carbons (Fsp3) is 0.345. The Balaban J connectivity index is 1.56. The number of nitrogens with zero attached hydrogens (tertiary/aromatic N) is 2. The summed E-state index contributed by atoms with van der Waals surface area (Å²) in [4.78, 5) is 26.8. The number of rotatable bonds is 5. The van der Waals surface area contributed by atoms with E-state index in [9.17, 15) is 9.59 Å². The molecular formula is C29H30ClN2O2+. The molecule has 0 radical (unpaired) electrons. The third kappa shape index (κ3) is 3.39. The zero-order chi connectivity index (χ0) is 24.4. The Morgan fingerprint density at radius 3 is 2.53 bits per heavy atom. The number of carbonyl (C=O) groups excluding carboxylic acids is 2. The minimum atomic E-state index is -0.759. The van der Waals surface area contributed by atoms with E-state index >= 15 is 0 Å². The molecule has 0 atom stereocenters. The molecule has 1 aliphatic carbocycles. The maximum absolute atomic E-state index is 13.4. The third-order valence-corrected chi connectivity index (χ3v) is 7.59. The van der Waals surface area contributed by atoms with Gasteiger partial charge >= 0.3 is 0 Å². The molecular weight excluding hydrogens is 444 g/mol. The number of ketones is 2. The molecule has 34 heavy (non-hydrogen) atoms. The van der Waals surface area contributed by atoms with Gasteiger partial charge in [-0.3, -0.25) is 9.59 Å². The highest BCUT2D eigenvalue weighted by molar-refractivity contribution is 6.44. The van der Waals surface area contributed by atoms with Gasteiger partial charge in [-0.05, 0) is 43.5 Å². The van der Waals surface area contributed by atoms with E-state index in [1.54, 1.807) is 0 Å². The minimum Gasteiger partial charge on any atom is -0.350 e. The lowest BCUT2D eigenvalue weighted by Gasteiger charge is -2.26. The smallest absolute Gasteiger partial charge is 0.209 e. The second-order valence-corrected chi connectivity index (χ2v) is 10.9. The van der Waals surface area contributed by atoms with Crippen LogP contribution < -0.4 is 0 Å². The van der Waals surface area contributed by atoms with E-state index in [2.05, 4.69) is 56.5 Å². The molecule has 3 aromatic rings. The maximum atomic E-state index is 13.4. The monoisotopic (exact) mass is 473 g/mol. The Labute approximate surface area is 205 Å².